The first kappa shape index (κ1) is 16.9. The van der Waals surface area contributed by atoms with Gasteiger partial charge in [-0.05, 0) is 69.0 Å². The van der Waals surface area contributed by atoms with Crippen LogP contribution < -0.4 is 5.32 Å². The first-order chi connectivity index (χ1) is 11.2. The molecule has 0 amide bonds. The van der Waals surface area contributed by atoms with Crippen molar-refractivity contribution in [3.05, 3.63) is 35.1 Å². The number of rotatable bonds is 5. The molecule has 2 fully saturated rings. The summed E-state index contributed by atoms with van der Waals surface area (Å²) in [6.07, 6.45) is 6.23. The van der Waals surface area contributed by atoms with E-state index >= 15 is 0 Å². The van der Waals surface area contributed by atoms with Crippen molar-refractivity contribution in [1.29, 1.82) is 0 Å². The van der Waals surface area contributed by atoms with E-state index in [1.165, 1.54) is 37.9 Å². The Balaban J connectivity index is 1.62. The van der Waals surface area contributed by atoms with Crippen molar-refractivity contribution in [3.63, 3.8) is 0 Å². The van der Waals surface area contributed by atoms with Crippen molar-refractivity contribution in [1.82, 2.24) is 10.2 Å². The first-order valence-corrected chi connectivity index (χ1v) is 8.98. The summed E-state index contributed by atoms with van der Waals surface area (Å²) in [5.41, 5.74) is 2.45. The number of nitrogens with one attached hydrogen (secondary N) is 1. The predicted molar refractivity (Wildman–Crippen MR) is 91.1 cm³/mol. The summed E-state index contributed by atoms with van der Waals surface area (Å²) in [6, 6.07) is 5.07. The standard InChI is InChI=1S/C19H29FN2O/c1-16-13-18(20)6-5-17(16)14-21-15-19(7-11-23-12-8-19)22-9-3-2-4-10-22/h5-6,13,21H,2-4,7-12,14-15H2,1H3. The van der Waals surface area contributed by atoms with Gasteiger partial charge in [-0.15, -0.1) is 0 Å². The molecule has 2 heterocycles. The third-order valence-corrected chi connectivity index (χ3v) is 5.52. The topological polar surface area (TPSA) is 24.5 Å². The number of nitrogens with zero attached hydrogens (tertiary/aromatic N) is 1. The van der Waals surface area contributed by atoms with Crippen LogP contribution in [0.2, 0.25) is 0 Å². The van der Waals surface area contributed by atoms with Crippen molar-refractivity contribution in [3.8, 4) is 0 Å². The largest absolute Gasteiger partial charge is 0.381 e. The molecule has 0 radical (unpaired) electrons. The number of hydrogen-bond acceptors (Lipinski definition) is 3. The maximum atomic E-state index is 13.2. The minimum Gasteiger partial charge on any atom is -0.381 e. The van der Waals surface area contributed by atoms with Crippen LogP contribution in [0.15, 0.2) is 18.2 Å². The summed E-state index contributed by atoms with van der Waals surface area (Å²) < 4.78 is 18.8. The van der Waals surface area contributed by atoms with Crippen LogP contribution in [-0.2, 0) is 11.3 Å². The number of hydrogen-bond donors (Lipinski definition) is 1. The second kappa shape index (κ2) is 7.73. The Kier molecular flexibility index (Phi) is 5.67. The quantitative estimate of drug-likeness (QED) is 0.901. The number of likely N-dealkylation sites (tertiary alicyclic amines) is 1. The molecule has 1 aromatic rings. The first-order valence-electron chi connectivity index (χ1n) is 8.98. The van der Waals surface area contributed by atoms with Crippen molar-refractivity contribution >= 4 is 0 Å². The average Bonchev–Trinajstić information content (AvgIpc) is 2.58. The van der Waals surface area contributed by atoms with Gasteiger partial charge < -0.3 is 10.1 Å². The molecule has 0 saturated carbocycles. The van der Waals surface area contributed by atoms with Gasteiger partial charge in [-0.1, -0.05) is 12.5 Å². The maximum absolute atomic E-state index is 13.2. The van der Waals surface area contributed by atoms with E-state index in [0.717, 1.165) is 44.7 Å². The summed E-state index contributed by atoms with van der Waals surface area (Å²) in [6.45, 7) is 7.96. The maximum Gasteiger partial charge on any atom is 0.123 e. The lowest BCUT2D eigenvalue weighted by atomic mass is 9.86. The van der Waals surface area contributed by atoms with Gasteiger partial charge in [0.05, 0.1) is 0 Å². The third kappa shape index (κ3) is 4.11. The molecule has 3 nitrogen and oxygen atoms in total. The molecule has 2 aliphatic rings. The highest BCUT2D eigenvalue weighted by atomic mass is 19.1. The monoisotopic (exact) mass is 320 g/mol. The SMILES string of the molecule is Cc1cc(F)ccc1CNCC1(N2CCCCC2)CCOCC1. The van der Waals surface area contributed by atoms with Crippen LogP contribution in [0.1, 0.15) is 43.2 Å². The Morgan fingerprint density at radius 2 is 1.91 bits per heavy atom. The summed E-state index contributed by atoms with van der Waals surface area (Å²) in [5.74, 6) is -0.152. The van der Waals surface area contributed by atoms with Gasteiger partial charge in [-0.2, -0.15) is 0 Å². The molecule has 1 N–H and O–H groups in total. The van der Waals surface area contributed by atoms with E-state index in [4.69, 9.17) is 4.74 Å². The molecule has 1 aromatic carbocycles. The molecule has 3 rings (SSSR count). The summed E-state index contributed by atoms with van der Waals surface area (Å²) in [4.78, 5) is 2.70. The number of halogens is 1. The van der Waals surface area contributed by atoms with Gasteiger partial charge in [0.25, 0.3) is 0 Å². The van der Waals surface area contributed by atoms with Crippen LogP contribution in [0.3, 0.4) is 0 Å². The molecular formula is C19H29FN2O. The molecule has 0 unspecified atom stereocenters. The summed E-state index contributed by atoms with van der Waals surface area (Å²) in [5, 5.41) is 3.65. The fourth-order valence-electron chi connectivity index (χ4n) is 4.01. The van der Waals surface area contributed by atoms with Gasteiger partial charge >= 0.3 is 0 Å². The average molecular weight is 320 g/mol. The van der Waals surface area contributed by atoms with Crippen LogP contribution >= 0.6 is 0 Å². The van der Waals surface area contributed by atoms with E-state index in [9.17, 15) is 4.39 Å². The smallest absolute Gasteiger partial charge is 0.123 e. The van der Waals surface area contributed by atoms with Gasteiger partial charge in [0.1, 0.15) is 5.82 Å². The fraction of sp³-hybridized carbons (Fsp3) is 0.684. The lowest BCUT2D eigenvalue weighted by Gasteiger charge is -2.48. The highest BCUT2D eigenvalue weighted by Crippen LogP contribution is 2.30. The second-order valence-electron chi connectivity index (χ2n) is 7.06. The van der Waals surface area contributed by atoms with Gasteiger partial charge in [-0.3, -0.25) is 4.90 Å². The lowest BCUT2D eigenvalue weighted by Crippen LogP contribution is -2.59. The van der Waals surface area contributed by atoms with E-state index in [1.54, 1.807) is 12.1 Å². The van der Waals surface area contributed by atoms with E-state index < -0.39 is 0 Å². The molecule has 23 heavy (non-hydrogen) atoms. The highest BCUT2D eigenvalue weighted by Gasteiger charge is 2.38. The van der Waals surface area contributed by atoms with Crippen molar-refractivity contribution in [2.45, 2.75) is 51.1 Å². The van der Waals surface area contributed by atoms with E-state index in [0.29, 0.717) is 0 Å². The zero-order valence-electron chi connectivity index (χ0n) is 14.2. The van der Waals surface area contributed by atoms with Crippen LogP contribution in [0.5, 0.6) is 0 Å². The number of piperidine rings is 1. The zero-order chi connectivity index (χ0) is 16.1. The second-order valence-corrected chi connectivity index (χ2v) is 7.06. The zero-order valence-corrected chi connectivity index (χ0v) is 14.2. The van der Waals surface area contributed by atoms with Gasteiger partial charge in [0, 0.05) is 31.8 Å². The molecule has 0 aromatic heterocycles. The molecule has 4 heteroatoms. The molecule has 128 valence electrons. The van der Waals surface area contributed by atoms with Crippen LogP contribution in [0, 0.1) is 12.7 Å². The predicted octanol–water partition coefficient (Wildman–Crippen LogP) is 3.26. The van der Waals surface area contributed by atoms with E-state index in [1.807, 2.05) is 13.0 Å². The molecular weight excluding hydrogens is 291 g/mol. The molecule has 2 aliphatic heterocycles. The Bertz CT molecular complexity index is 508. The molecule has 0 atom stereocenters. The normalized spacial score (nSPS) is 22.2. The van der Waals surface area contributed by atoms with E-state index in [-0.39, 0.29) is 11.4 Å². The summed E-state index contributed by atoms with van der Waals surface area (Å²) in [7, 11) is 0. The Morgan fingerprint density at radius 1 is 1.17 bits per heavy atom. The fourth-order valence-corrected chi connectivity index (χ4v) is 4.01. The minimum absolute atomic E-state index is 0.152. The van der Waals surface area contributed by atoms with Crippen LogP contribution in [0.4, 0.5) is 4.39 Å². The van der Waals surface area contributed by atoms with Crippen LogP contribution in [-0.4, -0.2) is 43.3 Å². The van der Waals surface area contributed by atoms with Crippen molar-refractivity contribution in [2.75, 3.05) is 32.8 Å². The Labute approximate surface area is 139 Å². The van der Waals surface area contributed by atoms with Gasteiger partial charge in [0.15, 0.2) is 0 Å². The van der Waals surface area contributed by atoms with Gasteiger partial charge in [0.2, 0.25) is 0 Å². The summed E-state index contributed by atoms with van der Waals surface area (Å²) >= 11 is 0. The molecule has 0 aliphatic carbocycles. The van der Waals surface area contributed by atoms with Gasteiger partial charge in [-0.25, -0.2) is 4.39 Å². The number of aryl methyl sites for hydroxylation is 1. The Morgan fingerprint density at radius 3 is 2.61 bits per heavy atom. The lowest BCUT2D eigenvalue weighted by molar-refractivity contribution is -0.0358. The Hall–Kier alpha value is -0.970. The van der Waals surface area contributed by atoms with Crippen molar-refractivity contribution in [2.24, 2.45) is 0 Å². The third-order valence-electron chi connectivity index (χ3n) is 5.52. The minimum atomic E-state index is -0.152. The molecule has 2 saturated heterocycles. The van der Waals surface area contributed by atoms with Crippen LogP contribution in [0.25, 0.3) is 0 Å². The molecule has 0 spiro atoms. The number of benzene rings is 1. The van der Waals surface area contributed by atoms with Crippen molar-refractivity contribution < 1.29 is 9.13 Å². The highest BCUT2D eigenvalue weighted by molar-refractivity contribution is 5.26. The van der Waals surface area contributed by atoms with E-state index in [2.05, 4.69) is 10.2 Å². The number of ether oxygens (including phenoxy) is 1. The molecule has 0 bridgehead atoms.